The molecule has 7 nitrogen and oxygen atoms in total. The standard InChI is InChI=1S/C14H9N5O2/c15-5-8-6-16-11-2-1-9(3-10(8)11)19-14(21)12-4-13(20)18-7-17-12/h1-4,6-7,16H,(H,19,21)(H,17,18,20). The Hall–Kier alpha value is -3.40. The number of aromatic amines is 2. The lowest BCUT2D eigenvalue weighted by molar-refractivity contribution is 0.102. The third kappa shape index (κ3) is 2.37. The second-order valence-corrected chi connectivity index (χ2v) is 4.33. The quantitative estimate of drug-likeness (QED) is 0.657. The number of carbonyl (C=O) groups excluding carboxylic acids is 1. The van der Waals surface area contributed by atoms with Crippen molar-refractivity contribution < 1.29 is 4.79 Å². The van der Waals surface area contributed by atoms with Gasteiger partial charge in [0.15, 0.2) is 0 Å². The van der Waals surface area contributed by atoms with E-state index in [0.29, 0.717) is 16.6 Å². The van der Waals surface area contributed by atoms with Gasteiger partial charge in [-0.2, -0.15) is 5.26 Å². The van der Waals surface area contributed by atoms with Crippen molar-refractivity contribution in [3.8, 4) is 6.07 Å². The minimum atomic E-state index is -0.491. The maximum Gasteiger partial charge on any atom is 0.274 e. The second-order valence-electron chi connectivity index (χ2n) is 4.33. The zero-order chi connectivity index (χ0) is 14.8. The van der Waals surface area contributed by atoms with E-state index in [4.69, 9.17) is 5.26 Å². The molecule has 7 heteroatoms. The second kappa shape index (κ2) is 4.94. The molecule has 0 aliphatic rings. The summed E-state index contributed by atoms with van der Waals surface area (Å²) in [5, 5.41) is 12.4. The van der Waals surface area contributed by atoms with Crippen molar-refractivity contribution in [2.24, 2.45) is 0 Å². The van der Waals surface area contributed by atoms with Gasteiger partial charge in [0.2, 0.25) is 0 Å². The molecule has 0 saturated heterocycles. The van der Waals surface area contributed by atoms with Crippen LogP contribution in [0.1, 0.15) is 16.1 Å². The van der Waals surface area contributed by atoms with Crippen molar-refractivity contribution in [2.45, 2.75) is 0 Å². The van der Waals surface area contributed by atoms with Gasteiger partial charge in [0.25, 0.3) is 11.5 Å². The highest BCUT2D eigenvalue weighted by molar-refractivity contribution is 6.04. The highest BCUT2D eigenvalue weighted by Gasteiger charge is 2.10. The van der Waals surface area contributed by atoms with E-state index in [1.165, 1.54) is 6.33 Å². The predicted octanol–water partition coefficient (Wildman–Crippen LogP) is 1.38. The summed E-state index contributed by atoms with van der Waals surface area (Å²) >= 11 is 0. The molecule has 1 amide bonds. The summed E-state index contributed by atoms with van der Waals surface area (Å²) in [5.41, 5.74) is 1.44. The first-order valence-electron chi connectivity index (χ1n) is 6.05. The number of nitriles is 1. The summed E-state index contributed by atoms with van der Waals surface area (Å²) in [7, 11) is 0. The first-order chi connectivity index (χ1) is 10.2. The van der Waals surface area contributed by atoms with Gasteiger partial charge in [0.1, 0.15) is 11.8 Å². The van der Waals surface area contributed by atoms with E-state index in [9.17, 15) is 9.59 Å². The van der Waals surface area contributed by atoms with E-state index in [0.717, 1.165) is 11.6 Å². The Labute approximate surface area is 118 Å². The molecule has 3 aromatic rings. The fourth-order valence-corrected chi connectivity index (χ4v) is 1.98. The topological polar surface area (TPSA) is 114 Å². The normalized spacial score (nSPS) is 10.2. The van der Waals surface area contributed by atoms with E-state index in [2.05, 4.69) is 26.3 Å². The fraction of sp³-hybridized carbons (Fsp3) is 0. The summed E-state index contributed by atoms with van der Waals surface area (Å²) < 4.78 is 0. The average molecular weight is 279 g/mol. The summed E-state index contributed by atoms with van der Waals surface area (Å²) in [6.45, 7) is 0. The molecule has 21 heavy (non-hydrogen) atoms. The molecule has 0 bridgehead atoms. The largest absolute Gasteiger partial charge is 0.360 e. The lowest BCUT2D eigenvalue weighted by Gasteiger charge is -2.04. The lowest BCUT2D eigenvalue weighted by Crippen LogP contribution is -2.17. The molecule has 1 aromatic carbocycles. The molecule has 0 spiro atoms. The predicted molar refractivity (Wildman–Crippen MR) is 75.8 cm³/mol. The zero-order valence-electron chi connectivity index (χ0n) is 10.7. The van der Waals surface area contributed by atoms with Gasteiger partial charge in [0, 0.05) is 28.9 Å². The van der Waals surface area contributed by atoms with Crippen LogP contribution in [-0.4, -0.2) is 20.9 Å². The van der Waals surface area contributed by atoms with Crippen LogP contribution in [0.5, 0.6) is 0 Å². The van der Waals surface area contributed by atoms with E-state index < -0.39 is 11.5 Å². The molecule has 0 atom stereocenters. The van der Waals surface area contributed by atoms with Crippen LogP contribution < -0.4 is 10.9 Å². The summed E-state index contributed by atoms with van der Waals surface area (Å²) in [6, 6.07) is 8.33. The van der Waals surface area contributed by atoms with E-state index in [1.807, 2.05) is 0 Å². The number of hydrogen-bond acceptors (Lipinski definition) is 4. The number of benzene rings is 1. The van der Waals surface area contributed by atoms with Crippen LogP contribution in [0.25, 0.3) is 10.9 Å². The van der Waals surface area contributed by atoms with Gasteiger partial charge < -0.3 is 15.3 Å². The molecule has 0 aliphatic carbocycles. The minimum Gasteiger partial charge on any atom is -0.360 e. The molecule has 3 rings (SSSR count). The molecule has 0 aliphatic heterocycles. The molecular formula is C14H9N5O2. The molecule has 0 saturated carbocycles. The van der Waals surface area contributed by atoms with Crippen molar-refractivity contribution in [2.75, 3.05) is 5.32 Å². The van der Waals surface area contributed by atoms with E-state index >= 15 is 0 Å². The van der Waals surface area contributed by atoms with Crippen LogP contribution in [0, 0.1) is 11.3 Å². The molecular weight excluding hydrogens is 270 g/mol. The first-order valence-corrected chi connectivity index (χ1v) is 6.05. The molecule has 102 valence electrons. The summed E-state index contributed by atoms with van der Waals surface area (Å²) in [5.74, 6) is -0.491. The van der Waals surface area contributed by atoms with Gasteiger partial charge in [-0.3, -0.25) is 9.59 Å². The highest BCUT2D eigenvalue weighted by atomic mass is 16.2. The number of nitrogens with one attached hydrogen (secondary N) is 3. The monoisotopic (exact) mass is 279 g/mol. The zero-order valence-corrected chi connectivity index (χ0v) is 10.7. The van der Waals surface area contributed by atoms with Gasteiger partial charge in [-0.25, -0.2) is 4.98 Å². The van der Waals surface area contributed by atoms with Crippen molar-refractivity contribution >= 4 is 22.5 Å². The Morgan fingerprint density at radius 3 is 2.90 bits per heavy atom. The Morgan fingerprint density at radius 1 is 1.29 bits per heavy atom. The minimum absolute atomic E-state index is 0.0217. The van der Waals surface area contributed by atoms with Gasteiger partial charge in [-0.05, 0) is 18.2 Å². The van der Waals surface area contributed by atoms with Crippen LogP contribution in [0.2, 0.25) is 0 Å². The summed E-state index contributed by atoms with van der Waals surface area (Å²) in [4.78, 5) is 32.3. The maximum atomic E-state index is 12.0. The van der Waals surface area contributed by atoms with Crippen molar-refractivity contribution in [3.05, 3.63) is 58.4 Å². The number of anilines is 1. The van der Waals surface area contributed by atoms with E-state index in [1.54, 1.807) is 24.4 Å². The van der Waals surface area contributed by atoms with Crippen LogP contribution in [-0.2, 0) is 0 Å². The van der Waals surface area contributed by atoms with Crippen LogP contribution >= 0.6 is 0 Å². The number of nitrogens with zero attached hydrogens (tertiary/aromatic N) is 2. The molecule has 0 radical (unpaired) electrons. The van der Waals surface area contributed by atoms with Crippen LogP contribution in [0.3, 0.4) is 0 Å². The smallest absolute Gasteiger partial charge is 0.274 e. The van der Waals surface area contributed by atoms with Crippen molar-refractivity contribution in [3.63, 3.8) is 0 Å². The number of fused-ring (bicyclic) bond motifs is 1. The SMILES string of the molecule is N#Cc1c[nH]c2ccc(NC(=O)c3cc(=O)[nH]cn3)cc12. The Bertz CT molecular complexity index is 932. The molecule has 3 N–H and O–H groups in total. The third-order valence-corrected chi connectivity index (χ3v) is 2.97. The Kier molecular flexibility index (Phi) is 2.97. The number of amides is 1. The maximum absolute atomic E-state index is 12.0. The lowest BCUT2D eigenvalue weighted by atomic mass is 10.1. The van der Waals surface area contributed by atoms with Crippen molar-refractivity contribution in [1.82, 2.24) is 15.0 Å². The molecule has 0 fully saturated rings. The van der Waals surface area contributed by atoms with Crippen LogP contribution in [0.4, 0.5) is 5.69 Å². The van der Waals surface area contributed by atoms with Gasteiger partial charge in [0.05, 0.1) is 11.9 Å². The third-order valence-electron chi connectivity index (χ3n) is 2.97. The Balaban J connectivity index is 1.93. The van der Waals surface area contributed by atoms with E-state index in [-0.39, 0.29) is 5.69 Å². The molecule has 2 heterocycles. The number of rotatable bonds is 2. The number of aromatic nitrogens is 3. The number of H-pyrrole nitrogens is 2. The highest BCUT2D eigenvalue weighted by Crippen LogP contribution is 2.22. The Morgan fingerprint density at radius 2 is 2.14 bits per heavy atom. The van der Waals surface area contributed by atoms with Gasteiger partial charge >= 0.3 is 0 Å². The fourth-order valence-electron chi connectivity index (χ4n) is 1.98. The average Bonchev–Trinajstić information content (AvgIpc) is 2.89. The van der Waals surface area contributed by atoms with Crippen molar-refractivity contribution in [1.29, 1.82) is 5.26 Å². The molecule has 0 unspecified atom stereocenters. The summed E-state index contributed by atoms with van der Waals surface area (Å²) in [6.07, 6.45) is 2.77. The van der Waals surface area contributed by atoms with Gasteiger partial charge in [-0.15, -0.1) is 0 Å². The number of hydrogen-bond donors (Lipinski definition) is 3. The number of carbonyl (C=O) groups is 1. The first kappa shape index (κ1) is 12.6. The van der Waals surface area contributed by atoms with Gasteiger partial charge in [-0.1, -0.05) is 0 Å². The van der Waals surface area contributed by atoms with Crippen LogP contribution in [0.15, 0.2) is 41.6 Å². The molecule has 2 aromatic heterocycles.